The third kappa shape index (κ3) is 7.44. The van der Waals surface area contributed by atoms with E-state index in [4.69, 9.17) is 10.1 Å². The first kappa shape index (κ1) is 33.9. The Morgan fingerprint density at radius 3 is 2.11 bits per heavy atom. The van der Waals surface area contributed by atoms with E-state index in [-0.39, 0.29) is 42.7 Å². The molecule has 1 N–H and O–H groups in total. The molecule has 1 aliphatic rings. The number of benzene rings is 3. The Labute approximate surface area is 274 Å². The van der Waals surface area contributed by atoms with Gasteiger partial charge in [0, 0.05) is 62.2 Å². The number of pyridine rings is 1. The van der Waals surface area contributed by atoms with E-state index in [1.54, 1.807) is 36.4 Å². The van der Waals surface area contributed by atoms with Crippen LogP contribution in [0.15, 0.2) is 77.7 Å². The quantitative estimate of drug-likeness (QED) is 0.0385. The largest absolute Gasteiger partial charge is 0.333 e. The molecule has 4 aromatic rings. The van der Waals surface area contributed by atoms with Crippen LogP contribution in [0.5, 0.6) is 0 Å². The van der Waals surface area contributed by atoms with Crippen molar-refractivity contribution in [1.82, 2.24) is 9.37 Å². The number of aryl methyl sites for hydroxylation is 2. The molecule has 1 fully saturated rings. The lowest BCUT2D eigenvalue weighted by Crippen LogP contribution is -2.40. The number of hydroxylamine groups is 2. The van der Waals surface area contributed by atoms with Gasteiger partial charge in [-0.05, 0) is 37.6 Å². The second kappa shape index (κ2) is 15.0. The number of imide groups is 1. The SMILES string of the molecule is Cc1ccc(S(=O)(=O)N(CCCC(=O)ON2C(=O)CCC2=O)C(=O)c2c3ccccc3[n+](CCCSOOO)c3ccccc23)cc1. The van der Waals surface area contributed by atoms with Gasteiger partial charge in [0.05, 0.1) is 21.2 Å². The Kier molecular flexibility index (Phi) is 10.8. The van der Waals surface area contributed by atoms with E-state index in [1.807, 2.05) is 35.8 Å². The van der Waals surface area contributed by atoms with Crippen LogP contribution in [0.25, 0.3) is 21.8 Å². The summed E-state index contributed by atoms with van der Waals surface area (Å²) in [5, 5.41) is 13.5. The third-order valence-electron chi connectivity index (χ3n) is 7.61. The van der Waals surface area contributed by atoms with Gasteiger partial charge in [0.1, 0.15) is 0 Å². The molecule has 0 saturated carbocycles. The lowest BCUT2D eigenvalue weighted by molar-refractivity contribution is -0.645. The van der Waals surface area contributed by atoms with Crippen molar-refractivity contribution in [2.45, 2.75) is 50.5 Å². The predicted octanol–water partition coefficient (Wildman–Crippen LogP) is 4.27. The number of hydrogen-bond acceptors (Lipinski definition) is 11. The molecule has 13 nitrogen and oxygen atoms in total. The van der Waals surface area contributed by atoms with Crippen molar-refractivity contribution < 1.29 is 51.6 Å². The van der Waals surface area contributed by atoms with Gasteiger partial charge in [0.15, 0.2) is 6.54 Å². The number of amides is 3. The Bertz CT molecular complexity index is 1860. The van der Waals surface area contributed by atoms with E-state index >= 15 is 0 Å². The van der Waals surface area contributed by atoms with Gasteiger partial charge < -0.3 is 4.84 Å². The lowest BCUT2D eigenvalue weighted by atomic mass is 10.0. The van der Waals surface area contributed by atoms with E-state index < -0.39 is 33.7 Å². The fraction of sp³-hybridized carbons (Fsp3) is 0.281. The molecular formula is C32H32N3O10S2+. The maximum atomic E-state index is 14.6. The average molecular weight is 683 g/mol. The van der Waals surface area contributed by atoms with Gasteiger partial charge in [-0.2, -0.15) is 4.57 Å². The predicted molar refractivity (Wildman–Crippen MR) is 169 cm³/mol. The molecule has 0 aliphatic carbocycles. The van der Waals surface area contributed by atoms with Gasteiger partial charge in [0.25, 0.3) is 27.7 Å². The molecule has 246 valence electrons. The van der Waals surface area contributed by atoms with Gasteiger partial charge in [0.2, 0.25) is 11.0 Å². The first-order chi connectivity index (χ1) is 22.6. The highest BCUT2D eigenvalue weighted by atomic mass is 32.2. The van der Waals surface area contributed by atoms with Crippen molar-refractivity contribution >= 4 is 67.6 Å². The number of rotatable bonds is 14. The van der Waals surface area contributed by atoms with Gasteiger partial charge >= 0.3 is 5.97 Å². The first-order valence-electron chi connectivity index (χ1n) is 14.8. The first-order valence-corrected chi connectivity index (χ1v) is 17.1. The van der Waals surface area contributed by atoms with Gasteiger partial charge in [-0.15, -0.1) is 9.40 Å². The number of hydrogen-bond donors (Lipinski definition) is 1. The second-order valence-electron chi connectivity index (χ2n) is 10.7. The molecule has 0 unspecified atom stereocenters. The van der Waals surface area contributed by atoms with Crippen molar-refractivity contribution in [2.24, 2.45) is 0 Å². The van der Waals surface area contributed by atoms with Gasteiger partial charge in [-0.3, -0.25) is 14.4 Å². The van der Waals surface area contributed by atoms with Crippen molar-refractivity contribution in [3.63, 3.8) is 0 Å². The smallest absolute Gasteiger partial charge is 0.330 e. The van der Waals surface area contributed by atoms with Crippen LogP contribution in [0.3, 0.4) is 0 Å². The number of nitrogens with zero attached hydrogens (tertiary/aromatic N) is 3. The highest BCUT2D eigenvalue weighted by Gasteiger charge is 2.35. The molecule has 47 heavy (non-hydrogen) atoms. The van der Waals surface area contributed by atoms with Crippen LogP contribution in [0.2, 0.25) is 0 Å². The fourth-order valence-electron chi connectivity index (χ4n) is 5.39. The maximum absolute atomic E-state index is 14.6. The van der Waals surface area contributed by atoms with E-state index in [0.29, 0.717) is 45.6 Å². The molecule has 0 bridgehead atoms. The Morgan fingerprint density at radius 2 is 1.51 bits per heavy atom. The molecule has 1 aromatic heterocycles. The van der Waals surface area contributed by atoms with Crippen molar-refractivity contribution in [1.29, 1.82) is 0 Å². The molecule has 0 spiro atoms. The van der Waals surface area contributed by atoms with E-state index in [9.17, 15) is 27.6 Å². The highest BCUT2D eigenvalue weighted by Crippen LogP contribution is 2.29. The number of para-hydroxylation sites is 2. The molecule has 0 atom stereocenters. The molecule has 15 heteroatoms. The monoisotopic (exact) mass is 682 g/mol. The van der Waals surface area contributed by atoms with Crippen molar-refractivity contribution in [2.75, 3.05) is 12.3 Å². The summed E-state index contributed by atoms with van der Waals surface area (Å²) in [6.07, 6.45) is -0.00343. The van der Waals surface area contributed by atoms with Gasteiger partial charge in [-0.25, -0.2) is 22.8 Å². The van der Waals surface area contributed by atoms with Gasteiger partial charge in [-0.1, -0.05) is 47.0 Å². The lowest BCUT2D eigenvalue weighted by Gasteiger charge is -2.24. The van der Waals surface area contributed by atoms with Crippen LogP contribution < -0.4 is 4.57 Å². The minimum Gasteiger partial charge on any atom is -0.330 e. The van der Waals surface area contributed by atoms with Crippen LogP contribution in [0.1, 0.15) is 48.0 Å². The fourth-order valence-corrected chi connectivity index (χ4v) is 7.16. The summed E-state index contributed by atoms with van der Waals surface area (Å²) in [7, 11) is -4.42. The summed E-state index contributed by atoms with van der Waals surface area (Å²) in [5.74, 6) is -2.46. The second-order valence-corrected chi connectivity index (χ2v) is 13.4. The molecule has 1 saturated heterocycles. The number of aromatic nitrogens is 1. The molecule has 2 heterocycles. The van der Waals surface area contributed by atoms with E-state index in [1.165, 1.54) is 12.1 Å². The third-order valence-corrected chi connectivity index (χ3v) is 10.0. The average Bonchev–Trinajstić information content (AvgIpc) is 3.38. The topological polar surface area (TPSA) is 161 Å². The molecule has 0 radical (unpaired) electrons. The Balaban J connectivity index is 1.52. The van der Waals surface area contributed by atoms with Crippen LogP contribution >= 0.6 is 12.0 Å². The standard InChI is InChI=1S/C32H31N3O10S2/c1-22-13-15-23(16-14-22)47(41,42)34(20-6-12-30(38)43-35-28(36)17-18-29(35)37)32(39)31-24-8-2-4-10-26(24)33(19-7-21-46-45-44-40)27-11-5-3-9-25(27)31/h2-5,8-11,13-16H,6-7,12,17-21H2,1H3/p+1. The summed E-state index contributed by atoms with van der Waals surface area (Å²) in [6, 6.07) is 20.4. The number of carbonyl (C=O) groups is 4. The Hall–Kier alpha value is -4.41. The zero-order valence-corrected chi connectivity index (χ0v) is 27.0. The number of sulfonamides is 1. The highest BCUT2D eigenvalue weighted by molar-refractivity contribution is 7.94. The van der Waals surface area contributed by atoms with Crippen LogP contribution in [-0.4, -0.2) is 59.0 Å². The van der Waals surface area contributed by atoms with Crippen LogP contribution in [-0.2, 0) is 45.2 Å². The zero-order valence-electron chi connectivity index (χ0n) is 25.4. The molecular weight excluding hydrogens is 650 g/mol. The van der Waals surface area contributed by atoms with Crippen molar-refractivity contribution in [3.8, 4) is 0 Å². The molecule has 5 rings (SSSR count). The number of carbonyl (C=O) groups excluding carboxylic acids is 4. The van der Waals surface area contributed by atoms with E-state index in [0.717, 1.165) is 21.9 Å². The van der Waals surface area contributed by atoms with Crippen LogP contribution in [0.4, 0.5) is 0 Å². The molecule has 3 aromatic carbocycles. The summed E-state index contributed by atoms with van der Waals surface area (Å²) in [4.78, 5) is 55.7. The normalized spacial score (nSPS) is 13.4. The van der Waals surface area contributed by atoms with Crippen molar-refractivity contribution in [3.05, 3.63) is 83.9 Å². The molecule has 3 amide bonds. The maximum Gasteiger partial charge on any atom is 0.333 e. The Morgan fingerprint density at radius 1 is 0.915 bits per heavy atom. The summed E-state index contributed by atoms with van der Waals surface area (Å²) < 4.78 is 35.5. The minimum absolute atomic E-state index is 0.0613. The number of fused-ring (bicyclic) bond motifs is 2. The zero-order chi connectivity index (χ0) is 33.6. The minimum atomic E-state index is -4.42. The summed E-state index contributed by atoms with van der Waals surface area (Å²) in [6.45, 7) is 1.94. The molecule has 1 aliphatic heterocycles. The summed E-state index contributed by atoms with van der Waals surface area (Å²) in [5.41, 5.74) is 2.38. The van der Waals surface area contributed by atoms with E-state index in [2.05, 4.69) is 9.37 Å². The summed E-state index contributed by atoms with van der Waals surface area (Å²) >= 11 is 0.933. The van der Waals surface area contributed by atoms with Crippen LogP contribution in [0, 0.1) is 6.92 Å².